The van der Waals surface area contributed by atoms with Gasteiger partial charge in [0.15, 0.2) is 9.84 Å². The Balaban J connectivity index is 2.48. The molecule has 0 saturated carbocycles. The van der Waals surface area contributed by atoms with Gasteiger partial charge >= 0.3 is 6.18 Å². The third kappa shape index (κ3) is 1.99. The number of sulfone groups is 1. The Morgan fingerprint density at radius 3 is 2.27 bits per heavy atom. The lowest BCUT2D eigenvalue weighted by molar-refractivity contribution is -0.137. The van der Waals surface area contributed by atoms with E-state index in [0.717, 1.165) is 12.1 Å². The summed E-state index contributed by atoms with van der Waals surface area (Å²) in [5.41, 5.74) is -0.0498. The normalized spacial score (nSPS) is 18.9. The van der Waals surface area contributed by atoms with Crippen LogP contribution in [0.15, 0.2) is 18.2 Å². The predicted molar refractivity (Wildman–Crippen MR) is 47.8 cm³/mol. The number of alkyl halides is 3. The molecule has 0 amide bonds. The van der Waals surface area contributed by atoms with E-state index in [0.29, 0.717) is 5.56 Å². The summed E-state index contributed by atoms with van der Waals surface area (Å²) in [6.07, 6.45) is -4.42. The molecule has 2 nitrogen and oxygen atoms in total. The highest BCUT2D eigenvalue weighted by Gasteiger charge is 2.33. The van der Waals surface area contributed by atoms with Gasteiger partial charge < -0.3 is 0 Å². The van der Waals surface area contributed by atoms with Gasteiger partial charge in [-0.25, -0.2) is 8.42 Å². The molecule has 1 aliphatic heterocycles. The first-order chi connectivity index (χ1) is 6.78. The minimum absolute atomic E-state index is 0.152. The molecule has 0 aromatic heterocycles. The average Bonchev–Trinajstić information content (AvgIpc) is 2.34. The second kappa shape index (κ2) is 2.98. The van der Waals surface area contributed by atoms with E-state index in [9.17, 15) is 21.6 Å². The van der Waals surface area contributed by atoms with Crippen LogP contribution in [0.4, 0.5) is 13.2 Å². The summed E-state index contributed by atoms with van der Waals surface area (Å²) in [5, 5.41) is 0. The molecule has 0 unspecified atom stereocenters. The molecule has 1 aliphatic rings. The van der Waals surface area contributed by atoms with Gasteiger partial charge in [-0.1, -0.05) is 6.07 Å². The lowest BCUT2D eigenvalue weighted by atomic mass is 10.1. The predicted octanol–water partition coefficient (Wildman–Crippen LogP) is 2.13. The van der Waals surface area contributed by atoms with Crippen molar-refractivity contribution in [3.8, 4) is 0 Å². The van der Waals surface area contributed by atoms with Crippen LogP contribution in [0.5, 0.6) is 0 Å². The average molecular weight is 236 g/mol. The minimum Gasteiger partial charge on any atom is -0.228 e. The fraction of sp³-hybridized carbons (Fsp3) is 0.333. The molecule has 0 aliphatic carbocycles. The number of rotatable bonds is 0. The number of hydrogen-bond acceptors (Lipinski definition) is 2. The minimum atomic E-state index is -4.42. The van der Waals surface area contributed by atoms with Gasteiger partial charge in [-0.3, -0.25) is 0 Å². The quantitative estimate of drug-likeness (QED) is 0.691. The fourth-order valence-corrected chi connectivity index (χ4v) is 3.20. The summed E-state index contributed by atoms with van der Waals surface area (Å²) in [5.74, 6) is -0.438. The first-order valence-electron chi connectivity index (χ1n) is 4.17. The summed E-state index contributed by atoms with van der Waals surface area (Å²) in [6, 6.07) is 3.07. The van der Waals surface area contributed by atoms with Crippen molar-refractivity contribution in [3.63, 3.8) is 0 Å². The van der Waals surface area contributed by atoms with Crippen molar-refractivity contribution in [1.82, 2.24) is 0 Å². The zero-order chi connectivity index (χ0) is 11.3. The van der Waals surface area contributed by atoms with Crippen molar-refractivity contribution in [2.24, 2.45) is 0 Å². The smallest absolute Gasteiger partial charge is 0.228 e. The van der Waals surface area contributed by atoms with Crippen LogP contribution in [0, 0.1) is 0 Å². The SMILES string of the molecule is O=S1(=O)Cc2ccc(C(F)(F)F)cc2C1. The lowest BCUT2D eigenvalue weighted by Crippen LogP contribution is -2.05. The molecule has 0 bridgehead atoms. The van der Waals surface area contributed by atoms with Gasteiger partial charge in [0.05, 0.1) is 17.1 Å². The maximum absolute atomic E-state index is 12.3. The van der Waals surface area contributed by atoms with Crippen LogP contribution in [0.25, 0.3) is 0 Å². The Labute approximate surface area is 84.6 Å². The number of fused-ring (bicyclic) bond motifs is 1. The van der Waals surface area contributed by atoms with Crippen molar-refractivity contribution in [3.05, 3.63) is 34.9 Å². The van der Waals surface area contributed by atoms with Crippen molar-refractivity contribution in [2.75, 3.05) is 0 Å². The van der Waals surface area contributed by atoms with E-state index < -0.39 is 21.6 Å². The Morgan fingerprint density at radius 2 is 1.67 bits per heavy atom. The van der Waals surface area contributed by atoms with Crippen LogP contribution in [-0.4, -0.2) is 8.42 Å². The lowest BCUT2D eigenvalue weighted by Gasteiger charge is -2.07. The summed E-state index contributed by atoms with van der Waals surface area (Å²) in [4.78, 5) is 0. The van der Waals surface area contributed by atoms with Gasteiger partial charge in [0.1, 0.15) is 0 Å². The second-order valence-electron chi connectivity index (χ2n) is 3.51. The number of benzene rings is 1. The topological polar surface area (TPSA) is 34.1 Å². The second-order valence-corrected chi connectivity index (χ2v) is 5.58. The third-order valence-corrected chi connectivity index (χ3v) is 3.79. The van der Waals surface area contributed by atoms with E-state index in [2.05, 4.69) is 0 Å². The monoisotopic (exact) mass is 236 g/mol. The van der Waals surface area contributed by atoms with Gasteiger partial charge in [0.2, 0.25) is 0 Å². The first-order valence-corrected chi connectivity index (χ1v) is 5.99. The standard InChI is InChI=1S/C9H7F3O2S/c10-9(11,12)8-2-1-6-4-15(13,14)5-7(6)3-8/h1-3H,4-5H2. The number of halogens is 3. The molecule has 0 fully saturated rings. The molecule has 15 heavy (non-hydrogen) atoms. The Hall–Kier alpha value is -1.04. The molecule has 1 heterocycles. The van der Waals surface area contributed by atoms with Crippen molar-refractivity contribution < 1.29 is 21.6 Å². The van der Waals surface area contributed by atoms with Gasteiger partial charge in [0.25, 0.3) is 0 Å². The van der Waals surface area contributed by atoms with Gasteiger partial charge in [-0.15, -0.1) is 0 Å². The van der Waals surface area contributed by atoms with Crippen LogP contribution in [0.1, 0.15) is 16.7 Å². The van der Waals surface area contributed by atoms with E-state index in [1.165, 1.54) is 6.07 Å². The zero-order valence-corrected chi connectivity index (χ0v) is 8.32. The van der Waals surface area contributed by atoms with Gasteiger partial charge in [-0.05, 0) is 23.3 Å². The summed E-state index contributed by atoms with van der Waals surface area (Å²) < 4.78 is 59.2. The molecule has 0 radical (unpaired) electrons. The molecular formula is C9H7F3O2S. The van der Waals surface area contributed by atoms with Crippen molar-refractivity contribution in [2.45, 2.75) is 17.7 Å². The molecule has 6 heteroatoms. The molecule has 0 atom stereocenters. The summed E-state index contributed by atoms with van der Waals surface area (Å²) in [6.45, 7) is 0. The van der Waals surface area contributed by atoms with Gasteiger partial charge in [-0.2, -0.15) is 13.2 Å². The molecule has 0 spiro atoms. The van der Waals surface area contributed by atoms with Crippen molar-refractivity contribution >= 4 is 9.84 Å². The van der Waals surface area contributed by atoms with E-state index in [1.807, 2.05) is 0 Å². The van der Waals surface area contributed by atoms with E-state index >= 15 is 0 Å². The molecule has 2 rings (SSSR count). The van der Waals surface area contributed by atoms with E-state index in [1.54, 1.807) is 0 Å². The molecule has 0 saturated heterocycles. The van der Waals surface area contributed by atoms with Crippen LogP contribution in [0.3, 0.4) is 0 Å². The molecular weight excluding hydrogens is 229 g/mol. The van der Waals surface area contributed by atoms with Crippen LogP contribution >= 0.6 is 0 Å². The largest absolute Gasteiger partial charge is 0.416 e. The van der Waals surface area contributed by atoms with Gasteiger partial charge in [0, 0.05) is 0 Å². The van der Waals surface area contributed by atoms with Crippen LogP contribution < -0.4 is 0 Å². The summed E-state index contributed by atoms with van der Waals surface area (Å²) >= 11 is 0. The molecule has 82 valence electrons. The highest BCUT2D eigenvalue weighted by molar-refractivity contribution is 7.90. The Morgan fingerprint density at radius 1 is 1.07 bits per heavy atom. The maximum atomic E-state index is 12.3. The highest BCUT2D eigenvalue weighted by Crippen LogP contribution is 2.33. The highest BCUT2D eigenvalue weighted by atomic mass is 32.2. The first kappa shape index (κ1) is 10.5. The molecule has 1 aromatic rings. The summed E-state index contributed by atoms with van der Waals surface area (Å²) in [7, 11) is -3.24. The Kier molecular flexibility index (Phi) is 2.08. The third-order valence-electron chi connectivity index (χ3n) is 2.28. The zero-order valence-electron chi connectivity index (χ0n) is 7.50. The van der Waals surface area contributed by atoms with Crippen LogP contribution in [-0.2, 0) is 27.5 Å². The Bertz CT molecular complexity index is 503. The van der Waals surface area contributed by atoms with Crippen molar-refractivity contribution in [1.29, 1.82) is 0 Å². The van der Waals surface area contributed by atoms with E-state index in [4.69, 9.17) is 0 Å². The maximum Gasteiger partial charge on any atom is 0.416 e. The van der Waals surface area contributed by atoms with Crippen LogP contribution in [0.2, 0.25) is 0 Å². The number of hydrogen-bond donors (Lipinski definition) is 0. The molecule has 0 N–H and O–H groups in total. The fourth-order valence-electron chi connectivity index (χ4n) is 1.60. The molecule has 1 aromatic carbocycles. The van der Waals surface area contributed by atoms with E-state index in [-0.39, 0.29) is 17.1 Å².